The van der Waals surface area contributed by atoms with E-state index in [2.05, 4.69) is 15.6 Å². The fourth-order valence-electron chi connectivity index (χ4n) is 2.83. The minimum absolute atomic E-state index is 0.0574. The number of hydrogen-bond donors (Lipinski definition) is 2. The number of carbonyl (C=O) groups excluding carboxylic acids is 3. The van der Waals surface area contributed by atoms with Gasteiger partial charge >= 0.3 is 0 Å². The molecule has 0 bridgehead atoms. The van der Waals surface area contributed by atoms with Crippen LogP contribution in [-0.2, 0) is 20.9 Å². The van der Waals surface area contributed by atoms with Crippen molar-refractivity contribution >= 4 is 23.4 Å². The smallest absolute Gasteiger partial charge is 0.239 e. The Morgan fingerprint density at radius 2 is 1.81 bits per heavy atom. The van der Waals surface area contributed by atoms with Crippen LogP contribution in [0.5, 0.6) is 0 Å². The minimum atomic E-state index is -0.546. The molecular formula is C19H19FN4O3. The maximum Gasteiger partial charge on any atom is 0.239 e. The molecule has 1 aliphatic heterocycles. The third-order valence-electron chi connectivity index (χ3n) is 4.30. The Kier molecular flexibility index (Phi) is 5.75. The number of carbonyl (C=O) groups is 3. The van der Waals surface area contributed by atoms with Gasteiger partial charge in [0.2, 0.25) is 17.7 Å². The second kappa shape index (κ2) is 8.39. The predicted molar refractivity (Wildman–Crippen MR) is 96.0 cm³/mol. The summed E-state index contributed by atoms with van der Waals surface area (Å²) in [6, 6.07) is 9.10. The van der Waals surface area contributed by atoms with Gasteiger partial charge < -0.3 is 15.5 Å². The zero-order valence-corrected chi connectivity index (χ0v) is 14.5. The number of amides is 3. The van der Waals surface area contributed by atoms with Gasteiger partial charge in [-0.25, -0.2) is 4.39 Å². The van der Waals surface area contributed by atoms with Crippen LogP contribution >= 0.6 is 0 Å². The quantitative estimate of drug-likeness (QED) is 0.794. The topological polar surface area (TPSA) is 91.4 Å². The highest BCUT2D eigenvalue weighted by atomic mass is 19.1. The average molecular weight is 370 g/mol. The molecule has 1 aliphatic rings. The Morgan fingerprint density at radius 1 is 1.11 bits per heavy atom. The highest BCUT2D eigenvalue weighted by Crippen LogP contribution is 2.25. The van der Waals surface area contributed by atoms with Crippen LogP contribution in [0.1, 0.15) is 12.0 Å². The Balaban J connectivity index is 1.46. The molecule has 1 fully saturated rings. The largest absolute Gasteiger partial charge is 0.350 e. The first-order chi connectivity index (χ1) is 13.0. The molecule has 3 rings (SSSR count). The Bertz CT molecular complexity index is 827. The standard InChI is InChI=1S/C19H19FN4O3/c20-15-1-3-16(4-2-15)24-12-14(9-18(24)26)19(27)23-11-17(25)22-10-13-5-7-21-8-6-13/h1-8,14H,9-12H2,(H,22,25)(H,23,27)/t14-/m0/s1. The van der Waals surface area contributed by atoms with Crippen molar-refractivity contribution in [3.8, 4) is 0 Å². The molecule has 2 N–H and O–H groups in total. The Hall–Kier alpha value is -3.29. The highest BCUT2D eigenvalue weighted by molar-refractivity contribution is 6.00. The minimum Gasteiger partial charge on any atom is -0.350 e. The molecule has 0 spiro atoms. The number of pyridine rings is 1. The summed E-state index contributed by atoms with van der Waals surface area (Å²) in [5.41, 5.74) is 1.45. The Labute approximate surface area is 155 Å². The first kappa shape index (κ1) is 18.5. The summed E-state index contributed by atoms with van der Waals surface area (Å²) in [6.45, 7) is 0.386. The number of halogens is 1. The normalized spacial score (nSPS) is 16.3. The van der Waals surface area contributed by atoms with Gasteiger partial charge in [-0.1, -0.05) is 0 Å². The molecule has 1 aromatic carbocycles. The van der Waals surface area contributed by atoms with E-state index in [4.69, 9.17) is 0 Å². The van der Waals surface area contributed by atoms with E-state index in [0.29, 0.717) is 12.2 Å². The van der Waals surface area contributed by atoms with Gasteiger partial charge in [0.15, 0.2) is 0 Å². The lowest BCUT2D eigenvalue weighted by Crippen LogP contribution is -2.40. The van der Waals surface area contributed by atoms with E-state index in [0.717, 1.165) is 5.56 Å². The maximum atomic E-state index is 13.0. The van der Waals surface area contributed by atoms with E-state index in [1.54, 1.807) is 24.5 Å². The van der Waals surface area contributed by atoms with Crippen LogP contribution in [0.15, 0.2) is 48.8 Å². The van der Waals surface area contributed by atoms with Gasteiger partial charge in [-0.15, -0.1) is 0 Å². The maximum absolute atomic E-state index is 13.0. The van der Waals surface area contributed by atoms with Crippen LogP contribution < -0.4 is 15.5 Å². The molecule has 8 heteroatoms. The van der Waals surface area contributed by atoms with E-state index in [1.807, 2.05) is 0 Å². The molecule has 2 aromatic rings. The van der Waals surface area contributed by atoms with Crippen molar-refractivity contribution in [3.05, 3.63) is 60.2 Å². The molecule has 27 heavy (non-hydrogen) atoms. The molecule has 1 atom stereocenters. The molecule has 0 radical (unpaired) electrons. The number of hydrogen-bond acceptors (Lipinski definition) is 4. The van der Waals surface area contributed by atoms with Crippen LogP contribution in [0.4, 0.5) is 10.1 Å². The molecule has 1 aromatic heterocycles. The number of rotatable bonds is 6. The summed E-state index contributed by atoms with van der Waals surface area (Å²) in [5.74, 6) is -1.82. The van der Waals surface area contributed by atoms with E-state index in [-0.39, 0.29) is 37.2 Å². The van der Waals surface area contributed by atoms with E-state index in [9.17, 15) is 18.8 Å². The number of nitrogens with zero attached hydrogens (tertiary/aromatic N) is 2. The van der Waals surface area contributed by atoms with Gasteiger partial charge in [-0.3, -0.25) is 19.4 Å². The van der Waals surface area contributed by atoms with Crippen LogP contribution in [0, 0.1) is 11.7 Å². The van der Waals surface area contributed by atoms with Crippen molar-refractivity contribution in [1.82, 2.24) is 15.6 Å². The summed E-state index contributed by atoms with van der Waals surface area (Å²) in [7, 11) is 0. The fraction of sp³-hybridized carbons (Fsp3) is 0.263. The van der Waals surface area contributed by atoms with Crippen molar-refractivity contribution in [2.24, 2.45) is 5.92 Å². The van der Waals surface area contributed by atoms with Gasteiger partial charge in [-0.05, 0) is 42.0 Å². The van der Waals surface area contributed by atoms with E-state index < -0.39 is 11.7 Å². The SMILES string of the molecule is O=C(CNC(=O)[C@H]1CC(=O)N(c2ccc(F)cc2)C1)NCc1ccncc1. The van der Waals surface area contributed by atoms with Crippen molar-refractivity contribution in [2.45, 2.75) is 13.0 Å². The average Bonchev–Trinajstić information content (AvgIpc) is 3.07. The number of benzene rings is 1. The lowest BCUT2D eigenvalue weighted by molar-refractivity contribution is -0.129. The van der Waals surface area contributed by atoms with E-state index in [1.165, 1.54) is 29.2 Å². The van der Waals surface area contributed by atoms with E-state index >= 15 is 0 Å². The van der Waals surface area contributed by atoms with Gasteiger partial charge in [0.05, 0.1) is 12.5 Å². The van der Waals surface area contributed by atoms with Crippen LogP contribution in [0.25, 0.3) is 0 Å². The molecule has 2 heterocycles. The van der Waals surface area contributed by atoms with Crippen molar-refractivity contribution in [1.29, 1.82) is 0 Å². The fourth-order valence-corrected chi connectivity index (χ4v) is 2.83. The van der Waals surface area contributed by atoms with Crippen molar-refractivity contribution in [2.75, 3.05) is 18.0 Å². The van der Waals surface area contributed by atoms with Gasteiger partial charge in [0.25, 0.3) is 0 Å². The number of aromatic nitrogens is 1. The zero-order chi connectivity index (χ0) is 19.2. The molecule has 3 amide bonds. The summed E-state index contributed by atoms with van der Waals surface area (Å²) in [5, 5.41) is 5.26. The molecule has 0 aliphatic carbocycles. The lowest BCUT2D eigenvalue weighted by atomic mass is 10.1. The summed E-state index contributed by atoms with van der Waals surface area (Å²) < 4.78 is 13.0. The molecular weight excluding hydrogens is 351 g/mol. The van der Waals surface area contributed by atoms with Crippen molar-refractivity contribution in [3.63, 3.8) is 0 Å². The van der Waals surface area contributed by atoms with Crippen LogP contribution in [0.2, 0.25) is 0 Å². The molecule has 140 valence electrons. The summed E-state index contributed by atoms with van der Waals surface area (Å²) >= 11 is 0. The van der Waals surface area contributed by atoms with Crippen molar-refractivity contribution < 1.29 is 18.8 Å². The second-order valence-electron chi connectivity index (χ2n) is 6.23. The predicted octanol–water partition coefficient (Wildman–Crippen LogP) is 1.01. The Morgan fingerprint density at radius 3 is 2.52 bits per heavy atom. The highest BCUT2D eigenvalue weighted by Gasteiger charge is 2.35. The lowest BCUT2D eigenvalue weighted by Gasteiger charge is -2.16. The monoisotopic (exact) mass is 370 g/mol. The molecule has 1 saturated heterocycles. The van der Waals surface area contributed by atoms with Gasteiger partial charge in [-0.2, -0.15) is 0 Å². The van der Waals surface area contributed by atoms with Gasteiger partial charge in [0, 0.05) is 37.6 Å². The molecule has 0 unspecified atom stereocenters. The number of nitrogens with one attached hydrogen (secondary N) is 2. The third-order valence-corrected chi connectivity index (χ3v) is 4.30. The first-order valence-corrected chi connectivity index (χ1v) is 8.52. The summed E-state index contributed by atoms with van der Waals surface area (Å²) in [6.07, 6.45) is 3.32. The number of anilines is 1. The second-order valence-corrected chi connectivity index (χ2v) is 6.23. The first-order valence-electron chi connectivity index (χ1n) is 8.52. The molecule has 7 nitrogen and oxygen atoms in total. The zero-order valence-electron chi connectivity index (χ0n) is 14.5. The molecule has 0 saturated carbocycles. The van der Waals surface area contributed by atoms with Crippen LogP contribution in [-0.4, -0.2) is 35.8 Å². The van der Waals surface area contributed by atoms with Crippen LogP contribution in [0.3, 0.4) is 0 Å². The summed E-state index contributed by atoms with van der Waals surface area (Å²) in [4.78, 5) is 41.6. The van der Waals surface area contributed by atoms with Gasteiger partial charge in [0.1, 0.15) is 5.82 Å². The third kappa shape index (κ3) is 4.87.